The van der Waals surface area contributed by atoms with Gasteiger partial charge in [0.25, 0.3) is 0 Å². The molecule has 4 aliphatic carbocycles. The lowest BCUT2D eigenvalue weighted by Gasteiger charge is -2.61. The third-order valence-electron chi connectivity index (χ3n) is 7.41. The second kappa shape index (κ2) is 7.48. The number of hydrogen-bond donors (Lipinski definition) is 0. The number of hydrogen-bond acceptors (Lipinski definition) is 6. The van der Waals surface area contributed by atoms with E-state index < -0.39 is 39.9 Å². The van der Waals surface area contributed by atoms with Crippen molar-refractivity contribution in [1.29, 1.82) is 0 Å². The summed E-state index contributed by atoms with van der Waals surface area (Å²) in [6.45, 7) is 3.49. The van der Waals surface area contributed by atoms with Gasteiger partial charge in [0.1, 0.15) is 12.2 Å². The van der Waals surface area contributed by atoms with E-state index in [4.69, 9.17) is 9.47 Å². The van der Waals surface area contributed by atoms with Gasteiger partial charge in [-0.3, -0.25) is 0 Å². The fourth-order valence-corrected chi connectivity index (χ4v) is 6.55. The van der Waals surface area contributed by atoms with Crippen molar-refractivity contribution < 1.29 is 31.6 Å². The minimum atomic E-state index is -4.48. The molecule has 4 aliphatic rings. The Hall–Kier alpha value is -1.67. The third kappa shape index (κ3) is 4.21. The molecule has 0 spiro atoms. The molecule has 0 saturated heterocycles. The molecule has 4 saturated carbocycles. The van der Waals surface area contributed by atoms with Crippen LogP contribution in [0.1, 0.15) is 62.7 Å². The number of halogens is 1. The molecule has 0 unspecified atom stereocenters. The Balaban J connectivity index is 1.50. The molecule has 30 heavy (non-hydrogen) atoms. The Morgan fingerprint density at radius 1 is 1.17 bits per heavy atom. The van der Waals surface area contributed by atoms with Crippen LogP contribution < -0.4 is 4.74 Å². The summed E-state index contributed by atoms with van der Waals surface area (Å²) in [6.07, 6.45) is 7.18. The highest BCUT2D eigenvalue weighted by Gasteiger charge is 2.58. The zero-order valence-corrected chi connectivity index (χ0v) is 18.2. The van der Waals surface area contributed by atoms with Crippen molar-refractivity contribution in [3.63, 3.8) is 0 Å². The Labute approximate surface area is 176 Å². The number of carbonyl (C=O) groups excluding carboxylic acids is 1. The number of ether oxygens (including phenoxy) is 2. The van der Waals surface area contributed by atoms with Gasteiger partial charge in [-0.25, -0.2) is 17.6 Å². The summed E-state index contributed by atoms with van der Waals surface area (Å²) in [5.74, 6) is -0.0283. The molecule has 0 aliphatic heterocycles. The van der Waals surface area contributed by atoms with Crippen LogP contribution in [-0.2, 0) is 14.9 Å². The van der Waals surface area contributed by atoms with Gasteiger partial charge in [-0.1, -0.05) is 0 Å². The second-order valence-corrected chi connectivity index (χ2v) is 11.4. The van der Waals surface area contributed by atoms with Crippen LogP contribution in [0.3, 0.4) is 0 Å². The van der Waals surface area contributed by atoms with Gasteiger partial charge in [-0.05, 0) is 88.3 Å². The predicted molar refractivity (Wildman–Crippen MR) is 107 cm³/mol. The lowest BCUT2D eigenvalue weighted by Crippen LogP contribution is -2.58. The van der Waals surface area contributed by atoms with Gasteiger partial charge in [0, 0.05) is 5.41 Å². The predicted octanol–water partition coefficient (Wildman–Crippen LogP) is 3.90. The minimum absolute atomic E-state index is 0.00713. The first kappa shape index (κ1) is 21.6. The number of esters is 1. The van der Waals surface area contributed by atoms with Crippen LogP contribution in [0.4, 0.5) is 4.39 Å². The van der Waals surface area contributed by atoms with Crippen LogP contribution in [0, 0.1) is 29.0 Å². The van der Waals surface area contributed by atoms with E-state index in [0.29, 0.717) is 0 Å². The molecule has 1 aromatic rings. The summed E-state index contributed by atoms with van der Waals surface area (Å²) >= 11 is 0. The molecule has 0 heterocycles. The van der Waals surface area contributed by atoms with Gasteiger partial charge < -0.3 is 14.0 Å². The Morgan fingerprint density at radius 2 is 1.73 bits per heavy atom. The average Bonchev–Trinajstić information content (AvgIpc) is 2.61. The molecular formula is C22H28FO6S-. The van der Waals surface area contributed by atoms with Crippen LogP contribution in [0.5, 0.6) is 5.75 Å². The van der Waals surface area contributed by atoms with Crippen molar-refractivity contribution in [1.82, 2.24) is 0 Å². The fourth-order valence-electron chi connectivity index (χ4n) is 6.26. The van der Waals surface area contributed by atoms with Crippen molar-refractivity contribution in [2.45, 2.75) is 58.0 Å². The maximum absolute atomic E-state index is 14.5. The Bertz CT molecular complexity index is 904. The summed E-state index contributed by atoms with van der Waals surface area (Å²) in [4.78, 5) is 12.2. The van der Waals surface area contributed by atoms with E-state index in [1.54, 1.807) is 0 Å². The standard InChI is InChI=1S/C22H29FO6S/c1-21(2,22-11-14-7-15(12-22)9-16(8-14)13-22)29-19-10-17(3-4-18(19)23)20(24)28-5-6-30(25,26)27/h3-4,10,14-16H,5-9,11-13H2,1-2H3,(H,25,26,27)/p-1. The topological polar surface area (TPSA) is 92.7 Å². The minimum Gasteiger partial charge on any atom is -0.748 e. The molecule has 166 valence electrons. The van der Waals surface area contributed by atoms with Crippen LogP contribution in [0.2, 0.25) is 0 Å². The van der Waals surface area contributed by atoms with Gasteiger partial charge in [0.2, 0.25) is 0 Å². The van der Waals surface area contributed by atoms with Gasteiger partial charge in [0.05, 0.1) is 21.4 Å². The number of carbonyl (C=O) groups is 1. The number of rotatable bonds is 7. The van der Waals surface area contributed by atoms with Crippen molar-refractivity contribution in [2.75, 3.05) is 12.4 Å². The van der Waals surface area contributed by atoms with E-state index in [1.165, 1.54) is 31.4 Å². The monoisotopic (exact) mass is 439 g/mol. The summed E-state index contributed by atoms with van der Waals surface area (Å²) in [5.41, 5.74) is -0.535. The lowest BCUT2D eigenvalue weighted by atomic mass is 9.46. The van der Waals surface area contributed by atoms with Crippen molar-refractivity contribution in [2.24, 2.45) is 23.2 Å². The van der Waals surface area contributed by atoms with Crippen LogP contribution in [0.25, 0.3) is 0 Å². The van der Waals surface area contributed by atoms with Gasteiger partial charge in [-0.15, -0.1) is 0 Å². The van der Waals surface area contributed by atoms with Gasteiger partial charge in [-0.2, -0.15) is 0 Å². The van der Waals surface area contributed by atoms with E-state index in [0.717, 1.165) is 43.1 Å². The molecule has 8 heteroatoms. The lowest BCUT2D eigenvalue weighted by molar-refractivity contribution is -0.151. The van der Waals surface area contributed by atoms with Crippen molar-refractivity contribution in [3.05, 3.63) is 29.6 Å². The molecule has 1 aromatic carbocycles. The zero-order valence-electron chi connectivity index (χ0n) is 17.4. The Kier molecular flexibility index (Phi) is 5.37. The largest absolute Gasteiger partial charge is 0.748 e. The molecule has 0 atom stereocenters. The molecule has 0 N–H and O–H groups in total. The maximum Gasteiger partial charge on any atom is 0.338 e. The highest BCUT2D eigenvalue weighted by molar-refractivity contribution is 7.85. The van der Waals surface area contributed by atoms with Crippen molar-refractivity contribution >= 4 is 16.1 Å². The quantitative estimate of drug-likeness (QED) is 0.473. The fraction of sp³-hybridized carbons (Fsp3) is 0.682. The van der Waals surface area contributed by atoms with E-state index in [2.05, 4.69) is 0 Å². The highest BCUT2D eigenvalue weighted by atomic mass is 32.2. The average molecular weight is 440 g/mol. The van der Waals surface area contributed by atoms with E-state index >= 15 is 0 Å². The summed E-state index contributed by atoms with van der Waals surface area (Å²) in [5, 5.41) is 0. The van der Waals surface area contributed by atoms with Crippen molar-refractivity contribution in [3.8, 4) is 5.75 Å². The molecule has 0 radical (unpaired) electrons. The molecule has 4 bridgehead atoms. The van der Waals surface area contributed by atoms with Crippen LogP contribution >= 0.6 is 0 Å². The molecule has 5 rings (SSSR count). The third-order valence-corrected chi connectivity index (χ3v) is 8.08. The zero-order chi connectivity index (χ0) is 21.7. The first-order valence-corrected chi connectivity index (χ1v) is 12.1. The molecule has 0 aromatic heterocycles. The Morgan fingerprint density at radius 3 is 2.27 bits per heavy atom. The maximum atomic E-state index is 14.5. The van der Waals surface area contributed by atoms with Crippen LogP contribution in [-0.4, -0.2) is 36.9 Å². The molecule has 4 fully saturated rings. The van der Waals surface area contributed by atoms with E-state index in [1.807, 2.05) is 13.8 Å². The first-order chi connectivity index (χ1) is 14.0. The first-order valence-electron chi connectivity index (χ1n) is 10.6. The molecule has 6 nitrogen and oxygen atoms in total. The molecular weight excluding hydrogens is 411 g/mol. The van der Waals surface area contributed by atoms with Gasteiger partial charge in [0.15, 0.2) is 11.6 Å². The summed E-state index contributed by atoms with van der Waals surface area (Å²) in [6, 6.07) is 3.70. The highest BCUT2D eigenvalue weighted by Crippen LogP contribution is 2.64. The SMILES string of the molecule is CC(C)(Oc1cc(C(=O)OCCS(=O)(=O)[O-])ccc1F)C12CC3CC(CC(C3)C1)C2. The van der Waals surface area contributed by atoms with Crippen LogP contribution in [0.15, 0.2) is 18.2 Å². The normalized spacial score (nSPS) is 30.3. The second-order valence-electron chi connectivity index (χ2n) is 9.85. The smallest absolute Gasteiger partial charge is 0.338 e. The summed E-state index contributed by atoms with van der Waals surface area (Å²) in [7, 11) is -4.48. The number of benzene rings is 1. The van der Waals surface area contributed by atoms with E-state index in [-0.39, 0.29) is 16.7 Å². The van der Waals surface area contributed by atoms with E-state index in [9.17, 15) is 22.2 Å². The molecule has 0 amide bonds. The summed E-state index contributed by atoms with van der Waals surface area (Å²) < 4.78 is 57.6. The van der Waals surface area contributed by atoms with Gasteiger partial charge >= 0.3 is 5.97 Å².